The Balaban J connectivity index is 1.66. The number of hydrogen-bond acceptors (Lipinski definition) is 8. The maximum absolute atomic E-state index is 12.3. The number of esters is 1. The van der Waals surface area contributed by atoms with Crippen molar-refractivity contribution in [2.75, 3.05) is 31.9 Å². The number of carbonyl (C=O) groups is 2. The smallest absolute Gasteiger partial charge is 0.339 e. The van der Waals surface area contributed by atoms with Crippen molar-refractivity contribution in [2.45, 2.75) is 6.92 Å². The average Bonchev–Trinajstić information content (AvgIpc) is 3.13. The molecule has 3 aromatic rings. The first kappa shape index (κ1) is 22.3. The molecule has 0 radical (unpaired) electrons. The van der Waals surface area contributed by atoms with Gasteiger partial charge in [-0.25, -0.2) is 14.5 Å². The van der Waals surface area contributed by atoms with Gasteiger partial charge in [0.1, 0.15) is 0 Å². The van der Waals surface area contributed by atoms with Gasteiger partial charge in [-0.2, -0.15) is 5.10 Å². The fourth-order valence-corrected chi connectivity index (χ4v) is 2.82. The Morgan fingerprint density at radius 1 is 1.19 bits per heavy atom. The summed E-state index contributed by atoms with van der Waals surface area (Å²) >= 11 is 0. The van der Waals surface area contributed by atoms with Gasteiger partial charge in [0.25, 0.3) is 5.91 Å². The van der Waals surface area contributed by atoms with Crippen LogP contribution in [0.1, 0.15) is 21.6 Å². The fraction of sp³-hybridized carbons (Fsp3) is 0.182. The first-order valence-electron chi connectivity index (χ1n) is 9.55. The molecule has 3 N–H and O–H groups in total. The Bertz CT molecular complexity index is 1160. The van der Waals surface area contributed by atoms with Crippen molar-refractivity contribution in [2.24, 2.45) is 5.10 Å². The van der Waals surface area contributed by atoms with Crippen LogP contribution in [0.3, 0.4) is 0 Å². The van der Waals surface area contributed by atoms with E-state index >= 15 is 0 Å². The summed E-state index contributed by atoms with van der Waals surface area (Å²) in [6, 6.07) is 11.7. The van der Waals surface area contributed by atoms with Crippen LogP contribution >= 0.6 is 0 Å². The van der Waals surface area contributed by atoms with E-state index in [1.165, 1.54) is 18.9 Å². The number of amides is 1. The second kappa shape index (κ2) is 10.1. The number of imidazole rings is 1. The van der Waals surface area contributed by atoms with Gasteiger partial charge in [-0.3, -0.25) is 4.79 Å². The minimum absolute atomic E-state index is 0.248. The van der Waals surface area contributed by atoms with Gasteiger partial charge in [-0.15, -0.1) is 0 Å². The number of aromatic nitrogens is 2. The zero-order chi connectivity index (χ0) is 23.1. The highest BCUT2D eigenvalue weighted by atomic mass is 16.5. The third-order valence-corrected chi connectivity index (χ3v) is 4.32. The molecule has 10 nitrogen and oxygen atoms in total. The molecule has 0 aliphatic carbocycles. The summed E-state index contributed by atoms with van der Waals surface area (Å²) in [7, 11) is 2.77. The first-order chi connectivity index (χ1) is 15.4. The largest absolute Gasteiger partial charge is 0.493 e. The summed E-state index contributed by atoms with van der Waals surface area (Å²) in [5, 5.41) is 6.90. The summed E-state index contributed by atoms with van der Waals surface area (Å²) in [6.45, 7) is 1.53. The van der Waals surface area contributed by atoms with Crippen LogP contribution in [-0.4, -0.2) is 48.6 Å². The maximum Gasteiger partial charge on any atom is 0.339 e. The molecular weight excluding hydrogens is 414 g/mol. The molecule has 0 saturated carbocycles. The Labute approximate surface area is 184 Å². The number of carbonyl (C=O) groups excluding carboxylic acids is 2. The standard InChI is InChI=1S/C22H23N5O5/c1-14-12-27(22(23)25-14)24-11-15-8-9-18(19(10-15)30-2)32-13-20(28)26-17-7-5-4-6-16(17)21(29)31-3/h4-12H,13H2,1-3H3,(H2,23,25)(H,26,28). The van der Waals surface area contributed by atoms with E-state index in [4.69, 9.17) is 19.9 Å². The van der Waals surface area contributed by atoms with E-state index in [2.05, 4.69) is 15.4 Å². The van der Waals surface area contributed by atoms with Gasteiger partial charge in [0.2, 0.25) is 5.95 Å². The van der Waals surface area contributed by atoms with Crippen LogP contribution < -0.4 is 20.5 Å². The molecule has 3 rings (SSSR count). The molecule has 32 heavy (non-hydrogen) atoms. The van der Waals surface area contributed by atoms with Gasteiger partial charge in [0, 0.05) is 0 Å². The van der Waals surface area contributed by atoms with E-state index in [1.807, 2.05) is 6.92 Å². The number of methoxy groups -OCH3 is 2. The van der Waals surface area contributed by atoms with E-state index in [0.29, 0.717) is 17.2 Å². The van der Waals surface area contributed by atoms with Crippen molar-refractivity contribution in [3.05, 3.63) is 65.5 Å². The lowest BCUT2D eigenvalue weighted by atomic mass is 10.2. The van der Waals surface area contributed by atoms with Crippen molar-refractivity contribution in [1.29, 1.82) is 0 Å². The van der Waals surface area contributed by atoms with Crippen LogP contribution in [0.15, 0.2) is 53.8 Å². The number of ether oxygens (including phenoxy) is 3. The molecule has 1 aromatic heterocycles. The molecule has 0 bridgehead atoms. The summed E-state index contributed by atoms with van der Waals surface area (Å²) in [6.07, 6.45) is 3.30. The van der Waals surface area contributed by atoms with E-state index in [-0.39, 0.29) is 18.1 Å². The number of nitrogens with one attached hydrogen (secondary N) is 1. The van der Waals surface area contributed by atoms with E-state index in [1.54, 1.807) is 54.9 Å². The quantitative estimate of drug-likeness (QED) is 0.409. The van der Waals surface area contributed by atoms with Gasteiger partial charge in [0.15, 0.2) is 18.1 Å². The summed E-state index contributed by atoms with van der Waals surface area (Å²) in [5.74, 6) is 0.0874. The molecule has 1 amide bonds. The number of nitrogen functional groups attached to an aromatic ring is 1. The highest BCUT2D eigenvalue weighted by molar-refractivity contribution is 6.01. The molecule has 0 spiro atoms. The number of rotatable bonds is 8. The number of anilines is 2. The van der Waals surface area contributed by atoms with Crippen LogP contribution in [0.2, 0.25) is 0 Å². The van der Waals surface area contributed by atoms with Crippen molar-refractivity contribution >= 4 is 29.7 Å². The second-order valence-electron chi connectivity index (χ2n) is 6.61. The monoisotopic (exact) mass is 437 g/mol. The minimum atomic E-state index is -0.548. The molecular formula is C22H23N5O5. The molecule has 0 atom stereocenters. The zero-order valence-corrected chi connectivity index (χ0v) is 17.9. The van der Waals surface area contributed by atoms with Crippen molar-refractivity contribution in [3.63, 3.8) is 0 Å². The lowest BCUT2D eigenvalue weighted by Crippen LogP contribution is -2.22. The number of benzene rings is 2. The Morgan fingerprint density at radius 2 is 1.97 bits per heavy atom. The van der Waals surface area contributed by atoms with Crippen LogP contribution in [0.25, 0.3) is 0 Å². The number of nitrogens with zero attached hydrogens (tertiary/aromatic N) is 3. The van der Waals surface area contributed by atoms with Crippen molar-refractivity contribution < 1.29 is 23.8 Å². The minimum Gasteiger partial charge on any atom is -0.493 e. The molecule has 166 valence electrons. The number of hydrogen-bond donors (Lipinski definition) is 2. The SMILES string of the molecule is COC(=O)c1ccccc1NC(=O)COc1ccc(C=Nn2cc(C)nc2N)cc1OC. The van der Waals surface area contributed by atoms with Gasteiger partial charge >= 0.3 is 5.97 Å². The van der Waals surface area contributed by atoms with Gasteiger partial charge < -0.3 is 25.3 Å². The third-order valence-electron chi connectivity index (χ3n) is 4.32. The van der Waals surface area contributed by atoms with Gasteiger partial charge in [0.05, 0.1) is 43.6 Å². The van der Waals surface area contributed by atoms with E-state index in [0.717, 1.165) is 11.3 Å². The summed E-state index contributed by atoms with van der Waals surface area (Å²) in [4.78, 5) is 28.2. The normalized spacial score (nSPS) is 10.7. The Hall–Kier alpha value is -4.34. The molecule has 1 heterocycles. The third kappa shape index (κ3) is 5.42. The molecule has 0 aliphatic rings. The van der Waals surface area contributed by atoms with Crippen molar-refractivity contribution in [1.82, 2.24) is 9.66 Å². The molecule has 10 heteroatoms. The lowest BCUT2D eigenvalue weighted by Gasteiger charge is -2.12. The van der Waals surface area contributed by atoms with Crippen LogP contribution in [0.5, 0.6) is 11.5 Å². The highest BCUT2D eigenvalue weighted by Crippen LogP contribution is 2.27. The van der Waals surface area contributed by atoms with Crippen LogP contribution in [0.4, 0.5) is 11.6 Å². The van der Waals surface area contributed by atoms with Gasteiger partial charge in [-0.1, -0.05) is 12.1 Å². The summed E-state index contributed by atoms with van der Waals surface area (Å²) < 4.78 is 17.1. The number of para-hydroxylation sites is 1. The average molecular weight is 437 g/mol. The highest BCUT2D eigenvalue weighted by Gasteiger charge is 2.14. The lowest BCUT2D eigenvalue weighted by molar-refractivity contribution is -0.118. The van der Waals surface area contributed by atoms with Gasteiger partial charge in [-0.05, 0) is 42.8 Å². The first-order valence-corrected chi connectivity index (χ1v) is 9.55. The van der Waals surface area contributed by atoms with Crippen LogP contribution in [0, 0.1) is 6.92 Å². The predicted octanol–water partition coefficient (Wildman–Crippen LogP) is 2.47. The molecule has 0 aliphatic heterocycles. The maximum atomic E-state index is 12.3. The summed E-state index contributed by atoms with van der Waals surface area (Å²) in [5.41, 5.74) is 7.85. The molecule has 0 unspecified atom stereocenters. The number of nitrogens with two attached hydrogens (primary N) is 1. The Kier molecular flexibility index (Phi) is 7.06. The fourth-order valence-electron chi connectivity index (χ4n) is 2.82. The second-order valence-corrected chi connectivity index (χ2v) is 6.61. The predicted molar refractivity (Wildman–Crippen MR) is 119 cm³/mol. The van der Waals surface area contributed by atoms with E-state index < -0.39 is 11.9 Å². The zero-order valence-electron chi connectivity index (χ0n) is 17.9. The molecule has 0 fully saturated rings. The number of aryl methyl sites for hydroxylation is 1. The van der Waals surface area contributed by atoms with E-state index in [9.17, 15) is 9.59 Å². The Morgan fingerprint density at radius 3 is 2.66 bits per heavy atom. The van der Waals surface area contributed by atoms with Crippen LogP contribution in [-0.2, 0) is 9.53 Å². The molecule has 2 aromatic carbocycles. The topological polar surface area (TPSA) is 130 Å². The van der Waals surface area contributed by atoms with Crippen molar-refractivity contribution in [3.8, 4) is 11.5 Å². The molecule has 0 saturated heterocycles.